The minimum absolute atomic E-state index is 0.170. The number of H-pyrrole nitrogens is 1. The van der Waals surface area contributed by atoms with Crippen molar-refractivity contribution in [2.24, 2.45) is 16.5 Å². The first-order chi connectivity index (χ1) is 10.5. The van der Waals surface area contributed by atoms with Crippen LogP contribution in [0.2, 0.25) is 0 Å². The van der Waals surface area contributed by atoms with E-state index in [0.29, 0.717) is 24.4 Å². The Morgan fingerprint density at radius 2 is 2.27 bits per heavy atom. The third-order valence-electron chi connectivity index (χ3n) is 2.97. The fraction of sp³-hybridized carbons (Fsp3) is 0.231. The van der Waals surface area contributed by atoms with Crippen LogP contribution in [0.3, 0.4) is 0 Å². The zero-order chi connectivity index (χ0) is 16.1. The quantitative estimate of drug-likeness (QED) is 0.324. The van der Waals surface area contributed by atoms with E-state index in [-0.39, 0.29) is 17.4 Å². The van der Waals surface area contributed by atoms with Gasteiger partial charge in [-0.1, -0.05) is 0 Å². The molecular formula is C13H17N7O2. The first-order valence-electron chi connectivity index (χ1n) is 6.58. The average Bonchev–Trinajstić information content (AvgIpc) is 3.07. The van der Waals surface area contributed by atoms with Gasteiger partial charge in [-0.15, -0.1) is 0 Å². The van der Waals surface area contributed by atoms with Gasteiger partial charge in [-0.2, -0.15) is 0 Å². The molecule has 0 spiro atoms. The maximum atomic E-state index is 11.9. The monoisotopic (exact) mass is 303 g/mol. The largest absolute Gasteiger partial charge is 0.387 e. The lowest BCUT2D eigenvalue weighted by molar-refractivity contribution is -0.117. The molecule has 9 nitrogen and oxygen atoms in total. The molecule has 8 N–H and O–H groups in total. The third-order valence-corrected chi connectivity index (χ3v) is 2.97. The molecule has 1 aliphatic heterocycles. The van der Waals surface area contributed by atoms with Crippen molar-refractivity contribution in [3.63, 3.8) is 0 Å². The molecule has 2 amide bonds. The van der Waals surface area contributed by atoms with Crippen LogP contribution in [-0.2, 0) is 4.79 Å². The zero-order valence-corrected chi connectivity index (χ0v) is 11.7. The molecule has 2 heterocycles. The number of nitrogens with zero attached hydrogens (tertiary/aromatic N) is 1. The summed E-state index contributed by atoms with van der Waals surface area (Å²) in [6.07, 6.45) is 5.21. The van der Waals surface area contributed by atoms with Crippen LogP contribution in [0.1, 0.15) is 23.3 Å². The number of nitrogens with two attached hydrogens (primary N) is 2. The van der Waals surface area contributed by atoms with Crippen LogP contribution in [-0.4, -0.2) is 34.5 Å². The highest BCUT2D eigenvalue weighted by Gasteiger charge is 2.23. The minimum atomic E-state index is -0.481. The van der Waals surface area contributed by atoms with Crippen molar-refractivity contribution >= 4 is 29.2 Å². The number of aromatic nitrogens is 1. The van der Waals surface area contributed by atoms with E-state index >= 15 is 0 Å². The fourth-order valence-corrected chi connectivity index (χ4v) is 1.91. The van der Waals surface area contributed by atoms with Gasteiger partial charge in [0.05, 0.1) is 11.5 Å². The predicted octanol–water partition coefficient (Wildman–Crippen LogP) is -0.348. The van der Waals surface area contributed by atoms with Crippen molar-refractivity contribution in [2.75, 3.05) is 5.32 Å². The standard InChI is InChI=1S/C13H17N7O2/c14-10(15)3-4-17-12(21)9-5-7(6-18-9)19-13(22)8-1-2-11(16)20-8/h3-6,8,18H,1-2H2,(H3,14,15)(H2,16,20)(H,17,21)(H,19,22)/b4-3+. The summed E-state index contributed by atoms with van der Waals surface area (Å²) < 4.78 is 0. The highest BCUT2D eigenvalue weighted by molar-refractivity contribution is 6.00. The molecule has 1 unspecified atom stereocenters. The lowest BCUT2D eigenvalue weighted by Crippen LogP contribution is -2.24. The summed E-state index contributed by atoms with van der Waals surface area (Å²) in [5.41, 5.74) is 11.4. The van der Waals surface area contributed by atoms with Gasteiger partial charge in [-0.05, 0) is 18.6 Å². The molecule has 9 heteroatoms. The minimum Gasteiger partial charge on any atom is -0.387 e. The van der Waals surface area contributed by atoms with E-state index in [1.165, 1.54) is 24.5 Å². The van der Waals surface area contributed by atoms with Gasteiger partial charge in [-0.3, -0.25) is 20.0 Å². The molecule has 1 aliphatic rings. The summed E-state index contributed by atoms with van der Waals surface area (Å²) >= 11 is 0. The van der Waals surface area contributed by atoms with E-state index in [2.05, 4.69) is 20.6 Å². The Labute approximate surface area is 126 Å². The third kappa shape index (κ3) is 3.95. The van der Waals surface area contributed by atoms with Crippen LogP contribution >= 0.6 is 0 Å². The number of aliphatic imine (C=N–C) groups is 1. The van der Waals surface area contributed by atoms with Crippen LogP contribution in [0.5, 0.6) is 0 Å². The fourth-order valence-electron chi connectivity index (χ4n) is 1.91. The van der Waals surface area contributed by atoms with E-state index < -0.39 is 11.9 Å². The van der Waals surface area contributed by atoms with Crippen molar-refractivity contribution < 1.29 is 9.59 Å². The van der Waals surface area contributed by atoms with Gasteiger partial charge in [0.15, 0.2) is 0 Å². The lowest BCUT2D eigenvalue weighted by Gasteiger charge is -2.06. The summed E-state index contributed by atoms with van der Waals surface area (Å²) in [7, 11) is 0. The van der Waals surface area contributed by atoms with Crippen LogP contribution in [0.4, 0.5) is 5.69 Å². The molecule has 2 rings (SSSR count). The Balaban J connectivity index is 1.92. The Bertz CT molecular complexity index is 659. The number of amides is 2. The van der Waals surface area contributed by atoms with E-state index in [1.807, 2.05) is 0 Å². The molecule has 0 aliphatic carbocycles. The molecule has 0 fully saturated rings. The Morgan fingerprint density at radius 1 is 1.50 bits per heavy atom. The smallest absolute Gasteiger partial charge is 0.271 e. The van der Waals surface area contributed by atoms with Crippen LogP contribution in [0.15, 0.2) is 29.5 Å². The van der Waals surface area contributed by atoms with Crippen molar-refractivity contribution in [3.05, 3.63) is 30.2 Å². The molecular weight excluding hydrogens is 286 g/mol. The van der Waals surface area contributed by atoms with E-state index in [0.717, 1.165) is 0 Å². The second kappa shape index (κ2) is 6.57. The van der Waals surface area contributed by atoms with Gasteiger partial charge >= 0.3 is 0 Å². The van der Waals surface area contributed by atoms with E-state index in [4.69, 9.17) is 16.9 Å². The normalized spacial score (nSPS) is 17.3. The number of hydrogen-bond donors (Lipinski definition) is 6. The molecule has 1 aromatic heterocycles. The Hall–Kier alpha value is -3.10. The van der Waals surface area contributed by atoms with Crippen molar-refractivity contribution in [1.29, 1.82) is 5.41 Å². The molecule has 0 bridgehead atoms. The van der Waals surface area contributed by atoms with Crippen LogP contribution < -0.4 is 22.1 Å². The van der Waals surface area contributed by atoms with Gasteiger partial charge in [0, 0.05) is 18.8 Å². The maximum Gasteiger partial charge on any atom is 0.271 e. The number of hydrogen-bond acceptors (Lipinski definition) is 5. The maximum absolute atomic E-state index is 11.9. The van der Waals surface area contributed by atoms with Crippen molar-refractivity contribution in [2.45, 2.75) is 18.9 Å². The number of rotatable bonds is 5. The van der Waals surface area contributed by atoms with Gasteiger partial charge in [0.25, 0.3) is 5.91 Å². The number of nitrogens with one attached hydrogen (secondary N) is 4. The molecule has 0 saturated carbocycles. The number of carbonyl (C=O) groups excluding carboxylic acids is 2. The summed E-state index contributed by atoms with van der Waals surface area (Å²) in [6, 6.07) is 1.02. The molecule has 1 atom stereocenters. The molecule has 1 aromatic rings. The average molecular weight is 303 g/mol. The molecule has 0 aromatic carbocycles. The van der Waals surface area contributed by atoms with Gasteiger partial charge in [0.2, 0.25) is 5.91 Å². The lowest BCUT2D eigenvalue weighted by atomic mass is 10.2. The summed E-state index contributed by atoms with van der Waals surface area (Å²) in [5, 5.41) is 12.1. The van der Waals surface area contributed by atoms with Crippen molar-refractivity contribution in [3.8, 4) is 0 Å². The van der Waals surface area contributed by atoms with E-state index in [1.54, 1.807) is 0 Å². The van der Waals surface area contributed by atoms with Gasteiger partial charge < -0.3 is 27.1 Å². The van der Waals surface area contributed by atoms with Gasteiger partial charge in [0.1, 0.15) is 17.6 Å². The molecule has 116 valence electrons. The van der Waals surface area contributed by atoms with Crippen LogP contribution in [0, 0.1) is 5.41 Å². The van der Waals surface area contributed by atoms with Crippen molar-refractivity contribution in [1.82, 2.24) is 10.3 Å². The van der Waals surface area contributed by atoms with Gasteiger partial charge in [-0.25, -0.2) is 0 Å². The first kappa shape index (κ1) is 15.3. The Morgan fingerprint density at radius 3 is 2.91 bits per heavy atom. The number of anilines is 1. The molecule has 0 radical (unpaired) electrons. The Kier molecular flexibility index (Phi) is 4.57. The predicted molar refractivity (Wildman–Crippen MR) is 82.6 cm³/mol. The molecule has 22 heavy (non-hydrogen) atoms. The molecule has 0 saturated heterocycles. The SMILES string of the molecule is N=C(N)/C=C/NC(=O)c1cc(NC(=O)C2CCC(N)=N2)c[nH]1. The highest BCUT2D eigenvalue weighted by atomic mass is 16.2. The first-order valence-corrected chi connectivity index (χ1v) is 6.58. The summed E-state index contributed by atoms with van der Waals surface area (Å²) in [4.78, 5) is 30.5. The second-order valence-electron chi connectivity index (χ2n) is 4.73. The van der Waals surface area contributed by atoms with Crippen LogP contribution in [0.25, 0.3) is 0 Å². The number of amidine groups is 2. The number of carbonyl (C=O) groups is 2. The summed E-state index contributed by atoms with van der Waals surface area (Å²) in [5.74, 6) is -0.369. The van der Waals surface area contributed by atoms with E-state index in [9.17, 15) is 9.59 Å². The number of aromatic amines is 1. The summed E-state index contributed by atoms with van der Waals surface area (Å²) in [6.45, 7) is 0. The second-order valence-corrected chi connectivity index (χ2v) is 4.73. The topological polar surface area (TPSA) is 162 Å². The highest BCUT2D eigenvalue weighted by Crippen LogP contribution is 2.15. The zero-order valence-electron chi connectivity index (χ0n) is 11.7.